The molecule has 0 spiro atoms. The van der Waals surface area contributed by atoms with Gasteiger partial charge in [0.25, 0.3) is 0 Å². The normalized spacial score (nSPS) is 9.90. The summed E-state index contributed by atoms with van der Waals surface area (Å²) in [6, 6.07) is 0. The predicted octanol–water partition coefficient (Wildman–Crippen LogP) is 3.95. The van der Waals surface area contributed by atoms with Crippen LogP contribution in [0.5, 0.6) is 0 Å². The summed E-state index contributed by atoms with van der Waals surface area (Å²) in [6.45, 7) is 14.1. The van der Waals surface area contributed by atoms with E-state index in [2.05, 4.69) is 19.6 Å². The Morgan fingerprint density at radius 2 is 1.80 bits per heavy atom. The highest BCUT2D eigenvalue weighted by molar-refractivity contribution is 5.24. The average Bonchev–Trinajstić information content (AvgIpc) is 1.94. The predicted molar refractivity (Wildman–Crippen MR) is 50.2 cm³/mol. The zero-order valence-corrected chi connectivity index (χ0v) is 7.99. The van der Waals surface area contributed by atoms with Crippen LogP contribution in [0.1, 0.15) is 41.0 Å². The summed E-state index contributed by atoms with van der Waals surface area (Å²) in [5, 5.41) is 0. The van der Waals surface area contributed by atoms with Gasteiger partial charge in [-0.3, -0.25) is 0 Å². The minimum atomic E-state index is 1.10. The van der Waals surface area contributed by atoms with Crippen LogP contribution >= 0.6 is 0 Å². The molecule has 0 aliphatic carbocycles. The molecule has 0 rings (SSSR count). The van der Waals surface area contributed by atoms with Crippen LogP contribution in [0.25, 0.3) is 0 Å². The lowest BCUT2D eigenvalue weighted by Crippen LogP contribution is -1.78. The summed E-state index contributed by atoms with van der Waals surface area (Å²) in [6.07, 6.45) is 3.22. The van der Waals surface area contributed by atoms with Crippen molar-refractivity contribution >= 4 is 0 Å². The molecular formula is C10H20. The fourth-order valence-electron chi connectivity index (χ4n) is 0.752. The monoisotopic (exact) mass is 140 g/mol. The van der Waals surface area contributed by atoms with E-state index in [0.717, 1.165) is 6.42 Å². The molecule has 0 aromatic heterocycles. The summed E-state index contributed by atoms with van der Waals surface area (Å²) < 4.78 is 0. The van der Waals surface area contributed by atoms with Crippen molar-refractivity contribution in [2.24, 2.45) is 0 Å². The molecule has 0 aromatic rings. The van der Waals surface area contributed by atoms with Gasteiger partial charge in [0, 0.05) is 0 Å². The van der Waals surface area contributed by atoms with Crippen LogP contribution in [0.15, 0.2) is 23.8 Å². The maximum Gasteiger partial charge on any atom is -0.0308 e. The molecule has 0 saturated heterocycles. The molecule has 0 aliphatic rings. The highest BCUT2D eigenvalue weighted by Gasteiger charge is 1.88. The summed E-state index contributed by atoms with van der Waals surface area (Å²) in [7, 11) is 0. The zero-order valence-electron chi connectivity index (χ0n) is 7.99. The first-order chi connectivity index (χ1) is 4.72. The largest absolute Gasteiger partial charge is 0.0959 e. The Kier molecular flexibility index (Phi) is 10.3. The Labute approximate surface area is 65.7 Å². The number of hydrogen-bond acceptors (Lipinski definition) is 0. The first-order valence-electron chi connectivity index (χ1n) is 4.03. The molecule has 60 valence electrons. The van der Waals surface area contributed by atoms with E-state index in [1.807, 2.05) is 27.7 Å². The first kappa shape index (κ1) is 12.2. The number of hydrogen-bond donors (Lipinski definition) is 0. The van der Waals surface area contributed by atoms with Crippen molar-refractivity contribution < 1.29 is 0 Å². The average molecular weight is 140 g/mol. The molecule has 0 amide bonds. The van der Waals surface area contributed by atoms with Gasteiger partial charge in [-0.15, -0.1) is 0 Å². The lowest BCUT2D eigenvalue weighted by molar-refractivity contribution is 1.10. The van der Waals surface area contributed by atoms with Crippen molar-refractivity contribution in [3.05, 3.63) is 23.8 Å². The van der Waals surface area contributed by atoms with Crippen molar-refractivity contribution in [1.29, 1.82) is 0 Å². The number of allylic oxidation sites excluding steroid dienone is 3. The van der Waals surface area contributed by atoms with Crippen LogP contribution in [0.2, 0.25) is 0 Å². The Morgan fingerprint density at radius 1 is 1.40 bits per heavy atom. The third kappa shape index (κ3) is 5.61. The summed E-state index contributed by atoms with van der Waals surface area (Å²) >= 11 is 0. The quantitative estimate of drug-likeness (QED) is 0.509. The van der Waals surface area contributed by atoms with Gasteiger partial charge in [-0.2, -0.15) is 0 Å². The maximum atomic E-state index is 3.83. The SMILES string of the molecule is C=C(C)/C(=C\C)CC.CC. The molecule has 0 heterocycles. The van der Waals surface area contributed by atoms with Crippen LogP contribution in [0.3, 0.4) is 0 Å². The lowest BCUT2D eigenvalue weighted by atomic mass is 10.1. The second-order valence-electron chi connectivity index (χ2n) is 1.95. The van der Waals surface area contributed by atoms with E-state index in [-0.39, 0.29) is 0 Å². The third-order valence-corrected chi connectivity index (χ3v) is 1.28. The first-order valence-corrected chi connectivity index (χ1v) is 4.03. The molecule has 0 heteroatoms. The molecule has 0 aliphatic heterocycles. The molecule has 0 bridgehead atoms. The zero-order chi connectivity index (χ0) is 8.57. The van der Waals surface area contributed by atoms with Crippen molar-refractivity contribution in [3.63, 3.8) is 0 Å². The van der Waals surface area contributed by atoms with Gasteiger partial charge in [-0.25, -0.2) is 0 Å². The topological polar surface area (TPSA) is 0 Å². The molecule has 0 atom stereocenters. The Morgan fingerprint density at radius 3 is 1.80 bits per heavy atom. The minimum Gasteiger partial charge on any atom is -0.0959 e. The molecule has 0 unspecified atom stereocenters. The minimum absolute atomic E-state index is 1.10. The molecule has 0 radical (unpaired) electrons. The van der Waals surface area contributed by atoms with E-state index in [4.69, 9.17) is 0 Å². The van der Waals surface area contributed by atoms with Crippen molar-refractivity contribution in [2.45, 2.75) is 41.0 Å². The molecule has 0 N–H and O–H groups in total. The van der Waals surface area contributed by atoms with Gasteiger partial charge in [0.05, 0.1) is 0 Å². The lowest BCUT2D eigenvalue weighted by Gasteiger charge is -1.98. The van der Waals surface area contributed by atoms with E-state index in [9.17, 15) is 0 Å². The van der Waals surface area contributed by atoms with Crippen molar-refractivity contribution in [1.82, 2.24) is 0 Å². The summed E-state index contributed by atoms with van der Waals surface area (Å²) in [5.74, 6) is 0. The van der Waals surface area contributed by atoms with Gasteiger partial charge in [-0.05, 0) is 20.3 Å². The van der Waals surface area contributed by atoms with Crippen molar-refractivity contribution in [3.8, 4) is 0 Å². The standard InChI is InChI=1S/C8H14.C2H6/c1-5-8(6-2)7(3)4;1-2/h5H,3,6H2,1-2,4H3;1-2H3/b8-5-;. The smallest absolute Gasteiger partial charge is 0.0308 e. The van der Waals surface area contributed by atoms with E-state index in [1.165, 1.54) is 11.1 Å². The number of rotatable bonds is 2. The Balaban J connectivity index is 0. The van der Waals surface area contributed by atoms with E-state index < -0.39 is 0 Å². The van der Waals surface area contributed by atoms with Gasteiger partial charge >= 0.3 is 0 Å². The van der Waals surface area contributed by atoms with Gasteiger partial charge < -0.3 is 0 Å². The van der Waals surface area contributed by atoms with Gasteiger partial charge in [0.2, 0.25) is 0 Å². The highest BCUT2D eigenvalue weighted by atomic mass is 13.9. The third-order valence-electron chi connectivity index (χ3n) is 1.28. The molecule has 10 heavy (non-hydrogen) atoms. The van der Waals surface area contributed by atoms with Crippen LogP contribution in [0.4, 0.5) is 0 Å². The molecule has 0 saturated carbocycles. The van der Waals surface area contributed by atoms with Crippen LogP contribution in [-0.2, 0) is 0 Å². The maximum absolute atomic E-state index is 3.83. The van der Waals surface area contributed by atoms with Crippen molar-refractivity contribution in [2.75, 3.05) is 0 Å². The van der Waals surface area contributed by atoms with Crippen LogP contribution < -0.4 is 0 Å². The molecule has 0 nitrogen and oxygen atoms in total. The second-order valence-corrected chi connectivity index (χ2v) is 1.95. The molecular weight excluding hydrogens is 120 g/mol. The fraction of sp³-hybridized carbons (Fsp3) is 0.600. The van der Waals surface area contributed by atoms with Crippen LogP contribution in [-0.4, -0.2) is 0 Å². The van der Waals surface area contributed by atoms with Crippen LogP contribution in [0, 0.1) is 0 Å². The highest BCUT2D eigenvalue weighted by Crippen LogP contribution is 2.09. The van der Waals surface area contributed by atoms with E-state index >= 15 is 0 Å². The van der Waals surface area contributed by atoms with E-state index in [1.54, 1.807) is 0 Å². The Bertz CT molecular complexity index is 107. The molecule has 0 aromatic carbocycles. The summed E-state index contributed by atoms with van der Waals surface area (Å²) in [5.41, 5.74) is 2.56. The fourth-order valence-corrected chi connectivity index (χ4v) is 0.752. The van der Waals surface area contributed by atoms with Gasteiger partial charge in [0.15, 0.2) is 0 Å². The van der Waals surface area contributed by atoms with Gasteiger partial charge in [-0.1, -0.05) is 44.6 Å². The van der Waals surface area contributed by atoms with Gasteiger partial charge in [0.1, 0.15) is 0 Å². The summed E-state index contributed by atoms with van der Waals surface area (Å²) in [4.78, 5) is 0. The molecule has 0 fully saturated rings. The van der Waals surface area contributed by atoms with E-state index in [0.29, 0.717) is 0 Å². The Hall–Kier alpha value is -0.520. The second kappa shape index (κ2) is 8.48.